The van der Waals surface area contributed by atoms with Crippen LogP contribution in [0.1, 0.15) is 104 Å². The number of esters is 2. The third-order valence-corrected chi connectivity index (χ3v) is 4.87. The maximum atomic E-state index is 11.8. The Bertz CT molecular complexity index is 512. The van der Waals surface area contributed by atoms with E-state index in [1.165, 1.54) is 13.8 Å². The van der Waals surface area contributed by atoms with Crippen LogP contribution in [-0.4, -0.2) is 34.2 Å². The number of carbonyl (C=O) groups is 2. The minimum atomic E-state index is -2.30. The molecule has 2 N–H and O–H groups in total. The minimum absolute atomic E-state index is 0.000683. The summed E-state index contributed by atoms with van der Waals surface area (Å²) in [4.78, 5) is 23.5. The van der Waals surface area contributed by atoms with Crippen LogP contribution in [0.3, 0.4) is 0 Å². The van der Waals surface area contributed by atoms with Crippen LogP contribution in [0, 0.1) is 0 Å². The van der Waals surface area contributed by atoms with Gasteiger partial charge in [-0.15, -0.1) is 0 Å². The number of hydrogen-bond donors (Lipinski definition) is 2. The molecule has 6 nitrogen and oxygen atoms in total. The molecule has 0 aliphatic rings. The Morgan fingerprint density at radius 2 is 1.20 bits per heavy atom. The van der Waals surface area contributed by atoms with Gasteiger partial charge in [-0.3, -0.25) is 0 Å². The number of hydrogen-bond acceptors (Lipinski definition) is 6. The Morgan fingerprint density at radius 3 is 1.63 bits per heavy atom. The van der Waals surface area contributed by atoms with E-state index in [4.69, 9.17) is 9.47 Å². The SMILES string of the molecule is C=C(C)C(=O)OC(O)(CCCCCCCCCCC(O)CCCC)OC(=O)C(=C)C. The maximum absolute atomic E-state index is 11.8. The third kappa shape index (κ3) is 14.3. The van der Waals surface area contributed by atoms with Crippen LogP contribution in [0.2, 0.25) is 0 Å². The van der Waals surface area contributed by atoms with Gasteiger partial charge in [0.05, 0.1) is 12.5 Å². The van der Waals surface area contributed by atoms with E-state index in [2.05, 4.69) is 20.1 Å². The lowest BCUT2D eigenvalue weighted by atomic mass is 10.0. The van der Waals surface area contributed by atoms with Gasteiger partial charge in [-0.25, -0.2) is 9.59 Å². The van der Waals surface area contributed by atoms with Crippen LogP contribution in [0.15, 0.2) is 24.3 Å². The molecule has 0 spiro atoms. The van der Waals surface area contributed by atoms with E-state index in [0.29, 0.717) is 6.42 Å². The minimum Gasteiger partial charge on any atom is -0.395 e. The largest absolute Gasteiger partial charge is 0.395 e. The highest BCUT2D eigenvalue weighted by Crippen LogP contribution is 2.22. The molecule has 0 aliphatic carbocycles. The van der Waals surface area contributed by atoms with Gasteiger partial charge in [-0.2, -0.15) is 0 Å². The summed E-state index contributed by atoms with van der Waals surface area (Å²) in [6.07, 6.45) is 11.8. The molecule has 174 valence electrons. The van der Waals surface area contributed by atoms with Crippen molar-refractivity contribution >= 4 is 11.9 Å². The van der Waals surface area contributed by atoms with E-state index < -0.39 is 17.9 Å². The first-order valence-electron chi connectivity index (χ1n) is 11.3. The molecule has 0 aromatic heterocycles. The average Bonchev–Trinajstić information content (AvgIpc) is 2.67. The van der Waals surface area contributed by atoms with Gasteiger partial charge in [0.25, 0.3) is 0 Å². The van der Waals surface area contributed by atoms with Crippen molar-refractivity contribution in [1.29, 1.82) is 0 Å². The summed E-state index contributed by atoms with van der Waals surface area (Å²) in [6, 6.07) is 0. The van der Waals surface area contributed by atoms with Crippen molar-refractivity contribution in [3.05, 3.63) is 24.3 Å². The molecule has 0 rings (SSSR count). The molecule has 0 aromatic rings. The molecule has 0 amide bonds. The highest BCUT2D eigenvalue weighted by molar-refractivity contribution is 5.88. The van der Waals surface area contributed by atoms with Crippen LogP contribution in [0.4, 0.5) is 0 Å². The van der Waals surface area contributed by atoms with Crippen LogP contribution in [-0.2, 0) is 19.1 Å². The second kappa shape index (κ2) is 16.1. The second-order valence-corrected chi connectivity index (χ2v) is 8.22. The van der Waals surface area contributed by atoms with Crippen LogP contribution < -0.4 is 0 Å². The summed E-state index contributed by atoms with van der Waals surface area (Å²) in [5.74, 6) is -3.93. The Morgan fingerprint density at radius 1 is 0.800 bits per heavy atom. The number of ether oxygens (including phenoxy) is 2. The molecule has 0 heterocycles. The molecule has 0 bridgehead atoms. The van der Waals surface area contributed by atoms with Crippen molar-refractivity contribution in [3.63, 3.8) is 0 Å². The molecule has 0 radical (unpaired) electrons. The van der Waals surface area contributed by atoms with Gasteiger partial charge in [0.2, 0.25) is 0 Å². The summed E-state index contributed by atoms with van der Waals surface area (Å²) in [7, 11) is 0. The van der Waals surface area contributed by atoms with E-state index in [1.807, 2.05) is 0 Å². The molecule has 0 saturated carbocycles. The second-order valence-electron chi connectivity index (χ2n) is 8.22. The van der Waals surface area contributed by atoms with E-state index in [1.54, 1.807) is 0 Å². The average molecular weight is 427 g/mol. The Balaban J connectivity index is 4.05. The van der Waals surface area contributed by atoms with Crippen molar-refractivity contribution < 1.29 is 29.3 Å². The lowest BCUT2D eigenvalue weighted by Crippen LogP contribution is -2.40. The van der Waals surface area contributed by atoms with E-state index in [0.717, 1.165) is 70.6 Å². The summed E-state index contributed by atoms with van der Waals surface area (Å²) in [5.41, 5.74) is 0.218. The molecule has 30 heavy (non-hydrogen) atoms. The van der Waals surface area contributed by atoms with Gasteiger partial charge in [-0.05, 0) is 33.1 Å². The maximum Gasteiger partial charge on any atom is 0.373 e. The fourth-order valence-corrected chi connectivity index (χ4v) is 2.96. The van der Waals surface area contributed by atoms with Crippen molar-refractivity contribution in [2.24, 2.45) is 0 Å². The number of carbonyl (C=O) groups excluding carboxylic acids is 2. The predicted octanol–water partition coefficient (Wildman–Crippen LogP) is 5.32. The van der Waals surface area contributed by atoms with E-state index in [-0.39, 0.29) is 23.7 Å². The molecule has 1 atom stereocenters. The number of unbranched alkanes of at least 4 members (excludes halogenated alkanes) is 8. The molecular weight excluding hydrogens is 384 g/mol. The molecule has 1 unspecified atom stereocenters. The van der Waals surface area contributed by atoms with Gasteiger partial charge in [0.1, 0.15) is 0 Å². The smallest absolute Gasteiger partial charge is 0.373 e. The first kappa shape index (κ1) is 28.3. The van der Waals surface area contributed by atoms with Gasteiger partial charge in [-0.1, -0.05) is 77.9 Å². The van der Waals surface area contributed by atoms with E-state index >= 15 is 0 Å². The van der Waals surface area contributed by atoms with Gasteiger partial charge in [0.15, 0.2) is 0 Å². The van der Waals surface area contributed by atoms with Gasteiger partial charge >= 0.3 is 17.9 Å². The van der Waals surface area contributed by atoms with Crippen LogP contribution >= 0.6 is 0 Å². The van der Waals surface area contributed by atoms with Crippen LogP contribution in [0.25, 0.3) is 0 Å². The fourth-order valence-electron chi connectivity index (χ4n) is 2.96. The molecule has 0 aromatic carbocycles. The number of rotatable bonds is 18. The third-order valence-electron chi connectivity index (χ3n) is 4.87. The molecule has 6 heteroatoms. The van der Waals surface area contributed by atoms with E-state index in [9.17, 15) is 19.8 Å². The standard InChI is InChI=1S/C24H42O6/c1-6-7-16-21(25)17-14-12-10-8-9-11-13-15-18-24(28,29-22(26)19(2)3)30-23(27)20(4)5/h21,25,28H,2,4,6-18H2,1,3,5H3. The lowest BCUT2D eigenvalue weighted by molar-refractivity contribution is -0.325. The zero-order valence-corrected chi connectivity index (χ0v) is 19.2. The molecule has 0 saturated heterocycles. The summed E-state index contributed by atoms with van der Waals surface area (Å²) in [6.45, 7) is 12.0. The normalized spacial score (nSPS) is 12.3. The quantitative estimate of drug-likeness (QED) is 0.133. The summed E-state index contributed by atoms with van der Waals surface area (Å²) in [5, 5.41) is 20.3. The molecule has 0 aliphatic heterocycles. The fraction of sp³-hybridized carbons (Fsp3) is 0.750. The first-order valence-corrected chi connectivity index (χ1v) is 11.3. The molecular formula is C24H42O6. The zero-order chi connectivity index (χ0) is 23.0. The Hall–Kier alpha value is -1.66. The Labute approximate surface area is 182 Å². The Kier molecular flexibility index (Phi) is 15.2. The van der Waals surface area contributed by atoms with Crippen molar-refractivity contribution in [1.82, 2.24) is 0 Å². The van der Waals surface area contributed by atoms with Crippen molar-refractivity contribution in [2.75, 3.05) is 0 Å². The van der Waals surface area contributed by atoms with Crippen molar-refractivity contribution in [2.45, 2.75) is 116 Å². The highest BCUT2D eigenvalue weighted by Gasteiger charge is 2.36. The monoisotopic (exact) mass is 426 g/mol. The summed E-state index contributed by atoms with van der Waals surface area (Å²) < 4.78 is 9.90. The first-order chi connectivity index (χ1) is 14.1. The topological polar surface area (TPSA) is 93.1 Å². The predicted molar refractivity (Wildman–Crippen MR) is 118 cm³/mol. The highest BCUT2D eigenvalue weighted by atomic mass is 16.8. The lowest BCUT2D eigenvalue weighted by Gasteiger charge is -2.27. The zero-order valence-electron chi connectivity index (χ0n) is 19.2. The van der Waals surface area contributed by atoms with Gasteiger partial charge < -0.3 is 19.7 Å². The summed E-state index contributed by atoms with van der Waals surface area (Å²) >= 11 is 0. The van der Waals surface area contributed by atoms with Gasteiger partial charge in [0, 0.05) is 11.1 Å². The number of aliphatic hydroxyl groups is 2. The van der Waals surface area contributed by atoms with Crippen LogP contribution in [0.5, 0.6) is 0 Å². The van der Waals surface area contributed by atoms with Crippen molar-refractivity contribution in [3.8, 4) is 0 Å². The number of aliphatic hydroxyl groups excluding tert-OH is 1. The molecule has 0 fully saturated rings.